The molecule has 2 aliphatic rings. The number of hydrogen-bond acceptors (Lipinski definition) is 3. The van der Waals surface area contributed by atoms with Gasteiger partial charge in [-0.05, 0) is 12.6 Å². The number of carbonyl (C=O) groups excluding carboxylic acids is 2. The van der Waals surface area contributed by atoms with Gasteiger partial charge < -0.3 is 15.0 Å². The summed E-state index contributed by atoms with van der Waals surface area (Å²) in [7, 11) is 0. The van der Waals surface area contributed by atoms with Crippen LogP contribution in [0.4, 0.5) is 4.79 Å². The molecule has 0 atom stereocenters. The number of carbonyl (C=O) groups is 2. The number of rotatable bonds is 1. The highest BCUT2D eigenvalue weighted by atomic mass is 16.6. The van der Waals surface area contributed by atoms with Gasteiger partial charge in [0.1, 0.15) is 6.61 Å². The second kappa shape index (κ2) is 5.26. The van der Waals surface area contributed by atoms with Gasteiger partial charge in [-0.15, -0.1) is 0 Å². The predicted molar refractivity (Wildman–Crippen MR) is 50.5 cm³/mol. The zero-order valence-electron chi connectivity index (χ0n) is 7.99. The fraction of sp³-hybridized carbons (Fsp3) is 0.556. The molecule has 0 aromatic carbocycles. The standard InChI is InChI=1S/C6H9NO.C3H5NO2/c1-2-7-5-3-4-6(7)8;5-3-4-1-2-6-3/h2H,1,3-5H2;1-2H2,(H,4,5). The molecular weight excluding hydrogens is 184 g/mol. The maximum Gasteiger partial charge on any atom is 0.407 e. The molecule has 0 aliphatic carbocycles. The molecule has 2 fully saturated rings. The van der Waals surface area contributed by atoms with E-state index in [4.69, 9.17) is 0 Å². The van der Waals surface area contributed by atoms with E-state index in [9.17, 15) is 9.59 Å². The Morgan fingerprint density at radius 2 is 2.29 bits per heavy atom. The Morgan fingerprint density at radius 3 is 2.50 bits per heavy atom. The molecule has 2 amide bonds. The van der Waals surface area contributed by atoms with Crippen LogP contribution < -0.4 is 5.32 Å². The van der Waals surface area contributed by atoms with Crippen LogP contribution in [0.25, 0.3) is 0 Å². The van der Waals surface area contributed by atoms with Gasteiger partial charge in [-0.1, -0.05) is 6.58 Å². The lowest BCUT2D eigenvalue weighted by Gasteiger charge is -2.05. The lowest BCUT2D eigenvalue weighted by Crippen LogP contribution is -2.16. The van der Waals surface area contributed by atoms with E-state index >= 15 is 0 Å². The first-order valence-electron chi connectivity index (χ1n) is 4.56. The van der Waals surface area contributed by atoms with Crippen molar-refractivity contribution in [3.8, 4) is 0 Å². The summed E-state index contributed by atoms with van der Waals surface area (Å²) >= 11 is 0. The lowest BCUT2D eigenvalue weighted by atomic mass is 10.4. The predicted octanol–water partition coefficient (Wildman–Crippen LogP) is 0.478. The van der Waals surface area contributed by atoms with Crippen LogP contribution in [0.2, 0.25) is 0 Å². The van der Waals surface area contributed by atoms with Crippen molar-refractivity contribution < 1.29 is 14.3 Å². The van der Waals surface area contributed by atoms with Crippen LogP contribution >= 0.6 is 0 Å². The molecular formula is C9H14N2O3. The molecule has 0 aromatic rings. The van der Waals surface area contributed by atoms with Crippen molar-refractivity contribution in [3.63, 3.8) is 0 Å². The topological polar surface area (TPSA) is 58.6 Å². The quantitative estimate of drug-likeness (QED) is 0.666. The van der Waals surface area contributed by atoms with Crippen molar-refractivity contribution >= 4 is 12.0 Å². The number of cyclic esters (lactones) is 1. The summed E-state index contributed by atoms with van der Waals surface area (Å²) in [6.45, 7) is 5.55. The molecule has 2 heterocycles. The van der Waals surface area contributed by atoms with Gasteiger partial charge in [0.05, 0.1) is 6.54 Å². The molecule has 2 saturated heterocycles. The van der Waals surface area contributed by atoms with Crippen molar-refractivity contribution in [1.29, 1.82) is 0 Å². The molecule has 14 heavy (non-hydrogen) atoms. The third-order valence-corrected chi connectivity index (χ3v) is 1.93. The van der Waals surface area contributed by atoms with E-state index in [1.54, 1.807) is 11.1 Å². The Balaban J connectivity index is 0.000000146. The van der Waals surface area contributed by atoms with E-state index in [1.807, 2.05) is 0 Å². The smallest absolute Gasteiger partial charge is 0.407 e. The minimum Gasteiger partial charge on any atom is -0.448 e. The van der Waals surface area contributed by atoms with Crippen LogP contribution in [0.1, 0.15) is 12.8 Å². The molecule has 0 spiro atoms. The van der Waals surface area contributed by atoms with Crippen molar-refractivity contribution in [2.45, 2.75) is 12.8 Å². The largest absolute Gasteiger partial charge is 0.448 e. The molecule has 0 radical (unpaired) electrons. The highest BCUT2D eigenvalue weighted by Crippen LogP contribution is 2.08. The summed E-state index contributed by atoms with van der Waals surface area (Å²) in [5.74, 6) is 0.208. The van der Waals surface area contributed by atoms with Gasteiger partial charge in [0.15, 0.2) is 0 Å². The number of likely N-dealkylation sites (tertiary alicyclic amines) is 1. The van der Waals surface area contributed by atoms with E-state index in [1.165, 1.54) is 0 Å². The molecule has 2 rings (SSSR count). The fourth-order valence-corrected chi connectivity index (χ4v) is 1.21. The van der Waals surface area contributed by atoms with Gasteiger partial charge >= 0.3 is 6.09 Å². The van der Waals surface area contributed by atoms with Gasteiger partial charge in [-0.25, -0.2) is 4.79 Å². The SMILES string of the molecule is C=CN1CCCC1=O.O=C1NCCO1. The molecule has 0 unspecified atom stereocenters. The Kier molecular flexibility index (Phi) is 3.97. The highest BCUT2D eigenvalue weighted by molar-refractivity contribution is 5.78. The van der Waals surface area contributed by atoms with Gasteiger partial charge in [0.2, 0.25) is 5.91 Å². The number of alkyl carbamates (subject to hydrolysis) is 1. The van der Waals surface area contributed by atoms with Crippen LogP contribution in [0, 0.1) is 0 Å². The number of hydrogen-bond donors (Lipinski definition) is 1. The second-order valence-corrected chi connectivity index (χ2v) is 2.94. The molecule has 5 nitrogen and oxygen atoms in total. The normalized spacial score (nSPS) is 19.6. The Labute approximate surface area is 82.7 Å². The summed E-state index contributed by atoms with van der Waals surface area (Å²) in [6.07, 6.45) is 2.99. The van der Waals surface area contributed by atoms with Crippen LogP contribution in [-0.4, -0.2) is 36.6 Å². The number of ether oxygens (including phenoxy) is 1. The third-order valence-electron chi connectivity index (χ3n) is 1.93. The van der Waals surface area contributed by atoms with Crippen LogP contribution in [-0.2, 0) is 9.53 Å². The Hall–Kier alpha value is -1.52. The fourth-order valence-electron chi connectivity index (χ4n) is 1.21. The van der Waals surface area contributed by atoms with Crippen molar-refractivity contribution in [2.75, 3.05) is 19.7 Å². The van der Waals surface area contributed by atoms with Crippen LogP contribution in [0.5, 0.6) is 0 Å². The van der Waals surface area contributed by atoms with Gasteiger partial charge in [-0.2, -0.15) is 0 Å². The number of nitrogens with one attached hydrogen (secondary N) is 1. The van der Waals surface area contributed by atoms with Crippen LogP contribution in [0.3, 0.4) is 0 Å². The summed E-state index contributed by atoms with van der Waals surface area (Å²) in [5, 5.41) is 2.46. The van der Waals surface area contributed by atoms with Gasteiger partial charge in [-0.3, -0.25) is 4.79 Å². The van der Waals surface area contributed by atoms with Gasteiger partial charge in [0.25, 0.3) is 0 Å². The molecule has 0 aromatic heterocycles. The van der Waals surface area contributed by atoms with Gasteiger partial charge in [0, 0.05) is 13.0 Å². The average molecular weight is 198 g/mol. The second-order valence-electron chi connectivity index (χ2n) is 2.94. The van der Waals surface area contributed by atoms with E-state index in [0.717, 1.165) is 13.0 Å². The summed E-state index contributed by atoms with van der Waals surface area (Å²) in [4.78, 5) is 22.2. The van der Waals surface area contributed by atoms with E-state index in [2.05, 4.69) is 16.6 Å². The minimum absolute atomic E-state index is 0.208. The van der Waals surface area contributed by atoms with E-state index in [-0.39, 0.29) is 12.0 Å². The third kappa shape index (κ3) is 3.08. The van der Waals surface area contributed by atoms with E-state index in [0.29, 0.717) is 19.6 Å². The summed E-state index contributed by atoms with van der Waals surface area (Å²) in [5.41, 5.74) is 0. The monoisotopic (exact) mass is 198 g/mol. The molecule has 2 aliphatic heterocycles. The van der Waals surface area contributed by atoms with Crippen molar-refractivity contribution in [1.82, 2.24) is 10.2 Å². The molecule has 0 saturated carbocycles. The summed E-state index contributed by atoms with van der Waals surface area (Å²) in [6, 6.07) is 0. The molecule has 0 bridgehead atoms. The lowest BCUT2D eigenvalue weighted by molar-refractivity contribution is -0.125. The maximum absolute atomic E-state index is 10.7. The first kappa shape index (κ1) is 10.6. The molecule has 1 N–H and O–H groups in total. The molecule has 5 heteroatoms. The van der Waals surface area contributed by atoms with E-state index < -0.39 is 0 Å². The number of nitrogens with zero attached hydrogens (tertiary/aromatic N) is 1. The molecule has 78 valence electrons. The Bertz CT molecular complexity index is 232. The zero-order valence-corrected chi connectivity index (χ0v) is 7.99. The maximum atomic E-state index is 10.7. The number of amides is 2. The Morgan fingerprint density at radius 1 is 1.50 bits per heavy atom. The first-order valence-corrected chi connectivity index (χ1v) is 4.56. The minimum atomic E-state index is -0.296. The first-order chi connectivity index (χ1) is 6.74. The highest BCUT2D eigenvalue weighted by Gasteiger charge is 2.15. The van der Waals surface area contributed by atoms with Crippen molar-refractivity contribution in [2.24, 2.45) is 0 Å². The van der Waals surface area contributed by atoms with Crippen LogP contribution in [0.15, 0.2) is 12.8 Å². The summed E-state index contributed by atoms with van der Waals surface area (Å²) < 4.78 is 4.40. The zero-order chi connectivity index (χ0) is 10.4. The van der Waals surface area contributed by atoms with Crippen molar-refractivity contribution in [3.05, 3.63) is 12.8 Å². The average Bonchev–Trinajstić information content (AvgIpc) is 2.77.